The van der Waals surface area contributed by atoms with Gasteiger partial charge in [0, 0.05) is 48.8 Å². The molecule has 0 spiro atoms. The van der Waals surface area contributed by atoms with Gasteiger partial charge in [-0.1, -0.05) is 30.3 Å². The number of hydrogen-bond acceptors (Lipinski definition) is 2. The highest BCUT2D eigenvalue weighted by molar-refractivity contribution is 5.83. The number of aromatic amines is 1. The van der Waals surface area contributed by atoms with Gasteiger partial charge in [-0.3, -0.25) is 4.99 Å². The van der Waals surface area contributed by atoms with Crippen LogP contribution in [0.3, 0.4) is 0 Å². The maximum Gasteiger partial charge on any atom is 0.191 e. The molecule has 0 atom stereocenters. The second-order valence-corrected chi connectivity index (χ2v) is 8.13. The minimum atomic E-state index is -0.207. The molecule has 31 heavy (non-hydrogen) atoms. The number of H-pyrrole nitrogens is 1. The summed E-state index contributed by atoms with van der Waals surface area (Å²) in [5.41, 5.74) is 3.48. The van der Waals surface area contributed by atoms with Crippen molar-refractivity contribution in [3.05, 3.63) is 71.7 Å². The van der Waals surface area contributed by atoms with Gasteiger partial charge in [-0.05, 0) is 55.5 Å². The van der Waals surface area contributed by atoms with E-state index in [1.165, 1.54) is 16.5 Å². The Hall–Kier alpha value is -2.86. The summed E-state index contributed by atoms with van der Waals surface area (Å²) in [6.07, 6.45) is 4.76. The molecular formula is C25H31FN4O. The Morgan fingerprint density at radius 2 is 1.87 bits per heavy atom. The van der Waals surface area contributed by atoms with Crippen molar-refractivity contribution in [1.82, 2.24) is 15.6 Å². The van der Waals surface area contributed by atoms with Crippen LogP contribution in [0.2, 0.25) is 0 Å². The van der Waals surface area contributed by atoms with Crippen LogP contribution in [-0.2, 0) is 16.6 Å². The number of nitrogens with zero attached hydrogens (tertiary/aromatic N) is 1. The van der Waals surface area contributed by atoms with Gasteiger partial charge in [-0.25, -0.2) is 4.39 Å². The van der Waals surface area contributed by atoms with Crippen LogP contribution in [-0.4, -0.2) is 43.8 Å². The molecule has 164 valence electrons. The average Bonchev–Trinajstić information content (AvgIpc) is 3.22. The van der Waals surface area contributed by atoms with Crippen LogP contribution in [0.4, 0.5) is 4.39 Å². The molecule has 0 amide bonds. The van der Waals surface area contributed by atoms with E-state index in [4.69, 9.17) is 9.73 Å². The van der Waals surface area contributed by atoms with Crippen LogP contribution in [0.5, 0.6) is 0 Å². The molecule has 0 aliphatic carbocycles. The molecule has 1 aliphatic heterocycles. The van der Waals surface area contributed by atoms with Crippen molar-refractivity contribution in [2.75, 3.05) is 32.8 Å². The fourth-order valence-electron chi connectivity index (χ4n) is 4.33. The van der Waals surface area contributed by atoms with Gasteiger partial charge in [0.15, 0.2) is 5.96 Å². The maximum absolute atomic E-state index is 13.5. The first kappa shape index (κ1) is 21.4. The van der Waals surface area contributed by atoms with Crippen molar-refractivity contribution < 1.29 is 9.13 Å². The number of para-hydroxylation sites is 1. The van der Waals surface area contributed by atoms with E-state index >= 15 is 0 Å². The van der Waals surface area contributed by atoms with E-state index in [1.807, 2.05) is 18.2 Å². The van der Waals surface area contributed by atoms with Gasteiger partial charge in [0.05, 0.1) is 6.54 Å². The van der Waals surface area contributed by atoms with E-state index in [2.05, 4.69) is 46.9 Å². The third-order valence-corrected chi connectivity index (χ3v) is 6.15. The van der Waals surface area contributed by atoms with Crippen molar-refractivity contribution in [2.45, 2.75) is 31.6 Å². The van der Waals surface area contributed by atoms with Gasteiger partial charge in [0.1, 0.15) is 5.82 Å². The molecule has 6 heteroatoms. The number of benzene rings is 2. The van der Waals surface area contributed by atoms with E-state index in [1.54, 1.807) is 12.1 Å². The van der Waals surface area contributed by atoms with Crippen LogP contribution in [0, 0.1) is 5.82 Å². The zero-order valence-corrected chi connectivity index (χ0v) is 18.1. The normalized spacial score (nSPS) is 16.4. The lowest BCUT2D eigenvalue weighted by Crippen LogP contribution is -2.41. The summed E-state index contributed by atoms with van der Waals surface area (Å²) in [7, 11) is 0. The number of rotatable bonds is 7. The summed E-state index contributed by atoms with van der Waals surface area (Å²) >= 11 is 0. The van der Waals surface area contributed by atoms with Crippen LogP contribution in [0.25, 0.3) is 10.9 Å². The Labute approximate surface area is 183 Å². The number of aromatic nitrogens is 1. The molecule has 1 saturated heterocycles. The minimum Gasteiger partial charge on any atom is -0.381 e. The zero-order chi connectivity index (χ0) is 21.5. The first-order valence-corrected chi connectivity index (χ1v) is 11.1. The predicted molar refractivity (Wildman–Crippen MR) is 124 cm³/mol. The molecular weight excluding hydrogens is 391 g/mol. The van der Waals surface area contributed by atoms with E-state index < -0.39 is 0 Å². The first-order valence-electron chi connectivity index (χ1n) is 11.1. The molecule has 4 rings (SSSR count). The standard InChI is InChI=1S/C25H31FN4O/c1-2-27-24(28-14-11-19-17-29-23-6-4-3-5-22(19)23)30-18-25(12-15-31-16-13-25)20-7-9-21(26)10-8-20/h3-10,17,29H,2,11-16,18H2,1H3,(H2,27,28,30). The Morgan fingerprint density at radius 1 is 1.10 bits per heavy atom. The monoisotopic (exact) mass is 422 g/mol. The Bertz CT molecular complexity index is 1010. The van der Waals surface area contributed by atoms with E-state index in [0.717, 1.165) is 43.9 Å². The van der Waals surface area contributed by atoms with Gasteiger partial charge in [0.25, 0.3) is 0 Å². The molecule has 5 nitrogen and oxygen atoms in total. The van der Waals surface area contributed by atoms with Gasteiger partial charge >= 0.3 is 0 Å². The molecule has 2 aromatic carbocycles. The second-order valence-electron chi connectivity index (χ2n) is 8.13. The molecule has 0 radical (unpaired) electrons. The second kappa shape index (κ2) is 9.96. The zero-order valence-electron chi connectivity index (χ0n) is 18.1. The van der Waals surface area contributed by atoms with Crippen LogP contribution >= 0.6 is 0 Å². The Kier molecular flexibility index (Phi) is 6.87. The number of guanidine groups is 1. The number of nitrogens with one attached hydrogen (secondary N) is 3. The van der Waals surface area contributed by atoms with Crippen molar-refractivity contribution in [2.24, 2.45) is 4.99 Å². The summed E-state index contributed by atoms with van der Waals surface area (Å²) in [4.78, 5) is 8.26. The van der Waals surface area contributed by atoms with E-state index in [9.17, 15) is 4.39 Å². The topological polar surface area (TPSA) is 61.4 Å². The molecule has 0 unspecified atom stereocenters. The maximum atomic E-state index is 13.5. The Balaban J connectivity index is 1.44. The third kappa shape index (κ3) is 5.07. The third-order valence-electron chi connectivity index (χ3n) is 6.15. The molecule has 1 aromatic heterocycles. The lowest BCUT2D eigenvalue weighted by Gasteiger charge is -2.36. The fourth-order valence-corrected chi connectivity index (χ4v) is 4.33. The first-order chi connectivity index (χ1) is 15.2. The Morgan fingerprint density at radius 3 is 2.65 bits per heavy atom. The predicted octanol–water partition coefficient (Wildman–Crippen LogP) is 4.15. The van der Waals surface area contributed by atoms with Gasteiger partial charge in [-0.2, -0.15) is 0 Å². The summed E-state index contributed by atoms with van der Waals surface area (Å²) < 4.78 is 19.1. The molecule has 0 saturated carbocycles. The average molecular weight is 423 g/mol. The van der Waals surface area contributed by atoms with Gasteiger partial charge < -0.3 is 20.4 Å². The number of aliphatic imine (C=N–C) groups is 1. The number of fused-ring (bicyclic) bond motifs is 1. The highest BCUT2D eigenvalue weighted by Crippen LogP contribution is 2.35. The number of halogens is 1. The summed E-state index contributed by atoms with van der Waals surface area (Å²) in [5.74, 6) is 0.608. The summed E-state index contributed by atoms with van der Waals surface area (Å²) in [5, 5.41) is 8.10. The van der Waals surface area contributed by atoms with Crippen molar-refractivity contribution in [3.8, 4) is 0 Å². The van der Waals surface area contributed by atoms with Gasteiger partial charge in [0.2, 0.25) is 0 Å². The number of ether oxygens (including phenoxy) is 1. The largest absolute Gasteiger partial charge is 0.381 e. The van der Waals surface area contributed by atoms with Crippen molar-refractivity contribution in [1.29, 1.82) is 0 Å². The minimum absolute atomic E-state index is 0.120. The van der Waals surface area contributed by atoms with E-state index in [-0.39, 0.29) is 11.2 Å². The molecule has 2 heterocycles. The fraction of sp³-hybridized carbons (Fsp3) is 0.400. The quantitative estimate of drug-likeness (QED) is 0.396. The van der Waals surface area contributed by atoms with Crippen molar-refractivity contribution in [3.63, 3.8) is 0 Å². The van der Waals surface area contributed by atoms with Crippen molar-refractivity contribution >= 4 is 16.9 Å². The lowest BCUT2D eigenvalue weighted by molar-refractivity contribution is 0.0531. The molecule has 0 bridgehead atoms. The summed E-state index contributed by atoms with van der Waals surface area (Å²) in [6.45, 7) is 5.71. The van der Waals surface area contributed by atoms with Crippen LogP contribution in [0.15, 0.2) is 59.7 Å². The number of hydrogen-bond donors (Lipinski definition) is 3. The molecule has 1 fully saturated rings. The molecule has 3 aromatic rings. The lowest BCUT2D eigenvalue weighted by atomic mass is 9.74. The highest BCUT2D eigenvalue weighted by atomic mass is 19.1. The highest BCUT2D eigenvalue weighted by Gasteiger charge is 2.34. The van der Waals surface area contributed by atoms with E-state index in [0.29, 0.717) is 19.8 Å². The SMILES string of the molecule is CCNC(=NCC1(c2ccc(F)cc2)CCOCC1)NCCc1c[nH]c2ccccc12. The van der Waals surface area contributed by atoms with Gasteiger partial charge in [-0.15, -0.1) is 0 Å². The molecule has 3 N–H and O–H groups in total. The van der Waals surface area contributed by atoms with Crippen LogP contribution < -0.4 is 10.6 Å². The summed E-state index contributed by atoms with van der Waals surface area (Å²) in [6, 6.07) is 15.2. The molecule has 1 aliphatic rings. The van der Waals surface area contributed by atoms with Crippen LogP contribution in [0.1, 0.15) is 30.9 Å². The smallest absolute Gasteiger partial charge is 0.191 e.